The highest BCUT2D eigenvalue weighted by atomic mass is 79.9. The topological polar surface area (TPSA) is 50.4 Å². The third-order valence-electron chi connectivity index (χ3n) is 4.42. The van der Waals surface area contributed by atoms with Crippen molar-refractivity contribution >= 4 is 21.8 Å². The van der Waals surface area contributed by atoms with Gasteiger partial charge in [0.05, 0.1) is 6.54 Å². The van der Waals surface area contributed by atoms with Gasteiger partial charge in [0.25, 0.3) is 0 Å². The fourth-order valence-electron chi connectivity index (χ4n) is 3.02. The predicted molar refractivity (Wildman–Crippen MR) is 96.6 cm³/mol. The molecular formula is C18H27BrN2O2. The molecular weight excluding hydrogens is 356 g/mol. The summed E-state index contributed by atoms with van der Waals surface area (Å²) in [5.41, 5.74) is 0. The van der Waals surface area contributed by atoms with Crippen LogP contribution >= 0.6 is 15.9 Å². The lowest BCUT2D eigenvalue weighted by Crippen LogP contribution is -2.36. The van der Waals surface area contributed by atoms with E-state index < -0.39 is 0 Å². The van der Waals surface area contributed by atoms with Gasteiger partial charge in [0.15, 0.2) is 0 Å². The third-order valence-corrected chi connectivity index (χ3v) is 4.91. The van der Waals surface area contributed by atoms with Gasteiger partial charge in [-0.05, 0) is 62.9 Å². The van der Waals surface area contributed by atoms with E-state index in [-0.39, 0.29) is 12.0 Å². The molecule has 0 bridgehead atoms. The summed E-state index contributed by atoms with van der Waals surface area (Å²) in [5.74, 6) is 2.04. The minimum atomic E-state index is -0.0533. The molecule has 0 spiro atoms. The van der Waals surface area contributed by atoms with Gasteiger partial charge < -0.3 is 15.4 Å². The molecule has 23 heavy (non-hydrogen) atoms. The van der Waals surface area contributed by atoms with Crippen molar-refractivity contribution in [2.24, 2.45) is 11.8 Å². The number of nitrogens with one attached hydrogen (secondary N) is 2. The second kappa shape index (κ2) is 9.28. The van der Waals surface area contributed by atoms with Crippen LogP contribution in [0.2, 0.25) is 0 Å². The smallest absolute Gasteiger partial charge is 0.220 e. The van der Waals surface area contributed by atoms with Crippen molar-refractivity contribution in [2.45, 2.75) is 39.2 Å². The monoisotopic (exact) mass is 382 g/mol. The number of halogens is 1. The van der Waals surface area contributed by atoms with E-state index in [0.29, 0.717) is 24.8 Å². The van der Waals surface area contributed by atoms with E-state index in [9.17, 15) is 4.79 Å². The molecule has 1 aliphatic rings. The number of ether oxygens (including phenoxy) is 1. The second-order valence-corrected chi connectivity index (χ2v) is 7.37. The van der Waals surface area contributed by atoms with E-state index in [1.165, 1.54) is 12.8 Å². The van der Waals surface area contributed by atoms with Crippen LogP contribution in [0.5, 0.6) is 5.75 Å². The Morgan fingerprint density at radius 3 is 2.83 bits per heavy atom. The molecule has 1 fully saturated rings. The van der Waals surface area contributed by atoms with Crippen molar-refractivity contribution in [1.29, 1.82) is 0 Å². The Kier molecular flexibility index (Phi) is 7.37. The second-order valence-electron chi connectivity index (χ2n) is 6.46. The minimum Gasteiger partial charge on any atom is -0.489 e. The average molecular weight is 383 g/mol. The van der Waals surface area contributed by atoms with E-state index in [1.807, 2.05) is 31.2 Å². The van der Waals surface area contributed by atoms with Crippen LogP contribution in [0, 0.1) is 11.8 Å². The van der Waals surface area contributed by atoms with Crippen LogP contribution in [0.25, 0.3) is 0 Å². The van der Waals surface area contributed by atoms with Crippen molar-refractivity contribution in [3.05, 3.63) is 28.7 Å². The minimum absolute atomic E-state index is 0.0533. The van der Waals surface area contributed by atoms with Crippen molar-refractivity contribution in [2.75, 3.05) is 19.6 Å². The number of carbonyl (C=O) groups is 1. The summed E-state index contributed by atoms with van der Waals surface area (Å²) in [6.45, 7) is 6.85. The largest absolute Gasteiger partial charge is 0.489 e. The molecule has 128 valence electrons. The summed E-state index contributed by atoms with van der Waals surface area (Å²) >= 11 is 3.42. The van der Waals surface area contributed by atoms with Gasteiger partial charge in [-0.25, -0.2) is 0 Å². The predicted octanol–water partition coefficient (Wildman–Crippen LogP) is 3.36. The average Bonchev–Trinajstić information content (AvgIpc) is 2.54. The lowest BCUT2D eigenvalue weighted by Gasteiger charge is -2.28. The fourth-order valence-corrected chi connectivity index (χ4v) is 3.39. The maximum atomic E-state index is 12.1. The number of amides is 1. The summed E-state index contributed by atoms with van der Waals surface area (Å²) in [4.78, 5) is 12.1. The number of rotatable bonds is 7. The normalized spacial score (nSPS) is 18.2. The van der Waals surface area contributed by atoms with Crippen LogP contribution in [0.3, 0.4) is 0 Å². The Morgan fingerprint density at radius 1 is 1.39 bits per heavy atom. The van der Waals surface area contributed by atoms with Crippen molar-refractivity contribution in [3.8, 4) is 5.75 Å². The summed E-state index contributed by atoms with van der Waals surface area (Å²) in [7, 11) is 0. The van der Waals surface area contributed by atoms with Gasteiger partial charge in [-0.15, -0.1) is 0 Å². The molecule has 2 rings (SSSR count). The number of hydrogen-bond acceptors (Lipinski definition) is 3. The Bertz CT molecular complexity index is 504. The van der Waals surface area contributed by atoms with Crippen LogP contribution in [-0.4, -0.2) is 31.6 Å². The zero-order valence-electron chi connectivity index (χ0n) is 14.0. The molecule has 0 saturated carbocycles. The first-order valence-corrected chi connectivity index (χ1v) is 9.23. The Morgan fingerprint density at radius 2 is 2.13 bits per heavy atom. The van der Waals surface area contributed by atoms with E-state index in [2.05, 4.69) is 33.5 Å². The number of benzene rings is 1. The van der Waals surface area contributed by atoms with Gasteiger partial charge in [-0.3, -0.25) is 4.79 Å². The molecule has 1 heterocycles. The van der Waals surface area contributed by atoms with Crippen molar-refractivity contribution < 1.29 is 9.53 Å². The van der Waals surface area contributed by atoms with Gasteiger partial charge in [0, 0.05) is 10.9 Å². The van der Waals surface area contributed by atoms with E-state index in [4.69, 9.17) is 4.74 Å². The van der Waals surface area contributed by atoms with Gasteiger partial charge >= 0.3 is 0 Å². The Balaban J connectivity index is 1.68. The first-order valence-electron chi connectivity index (χ1n) is 8.44. The number of carbonyl (C=O) groups excluding carboxylic acids is 1. The lowest BCUT2D eigenvalue weighted by molar-refractivity contribution is -0.122. The molecule has 1 aromatic rings. The quantitative estimate of drug-likeness (QED) is 0.759. The van der Waals surface area contributed by atoms with Crippen LogP contribution < -0.4 is 15.4 Å². The van der Waals surface area contributed by atoms with Gasteiger partial charge in [0.2, 0.25) is 5.91 Å². The third kappa shape index (κ3) is 6.51. The maximum Gasteiger partial charge on any atom is 0.220 e. The molecule has 0 aromatic heterocycles. The van der Waals surface area contributed by atoms with Crippen LogP contribution in [0.1, 0.15) is 33.1 Å². The summed E-state index contributed by atoms with van der Waals surface area (Å²) in [6.07, 6.45) is 2.91. The molecule has 1 saturated heterocycles. The highest BCUT2D eigenvalue weighted by Gasteiger charge is 2.22. The molecule has 1 aliphatic heterocycles. The Hall–Kier alpha value is -1.07. The molecule has 1 aromatic carbocycles. The maximum absolute atomic E-state index is 12.1. The standard InChI is InChI=1S/C18H27BrN2O2/c1-13(15-6-8-20-9-7-15)10-18(22)21-12-14(2)23-17-5-3-4-16(19)11-17/h3-5,11,13-15,20H,6-10,12H2,1-2H3,(H,21,22). The highest BCUT2D eigenvalue weighted by Crippen LogP contribution is 2.24. The summed E-state index contributed by atoms with van der Waals surface area (Å²) in [6, 6.07) is 7.74. The van der Waals surface area contributed by atoms with Crippen LogP contribution in [0.15, 0.2) is 28.7 Å². The molecule has 1 amide bonds. The van der Waals surface area contributed by atoms with Gasteiger partial charge in [-0.1, -0.05) is 28.9 Å². The molecule has 2 unspecified atom stereocenters. The molecule has 2 N–H and O–H groups in total. The highest BCUT2D eigenvalue weighted by molar-refractivity contribution is 9.10. The van der Waals surface area contributed by atoms with E-state index in [0.717, 1.165) is 23.3 Å². The fraction of sp³-hybridized carbons (Fsp3) is 0.611. The molecule has 2 atom stereocenters. The SMILES string of the molecule is CC(CNC(=O)CC(C)C1CCNCC1)Oc1cccc(Br)c1. The first kappa shape index (κ1) is 18.3. The van der Waals surface area contributed by atoms with E-state index >= 15 is 0 Å². The van der Waals surface area contributed by atoms with Crippen molar-refractivity contribution in [3.63, 3.8) is 0 Å². The number of piperidine rings is 1. The number of hydrogen-bond donors (Lipinski definition) is 2. The first-order chi connectivity index (χ1) is 11.0. The van der Waals surface area contributed by atoms with Gasteiger partial charge in [-0.2, -0.15) is 0 Å². The zero-order chi connectivity index (χ0) is 16.7. The summed E-state index contributed by atoms with van der Waals surface area (Å²) < 4.78 is 6.80. The van der Waals surface area contributed by atoms with Gasteiger partial charge in [0.1, 0.15) is 11.9 Å². The van der Waals surface area contributed by atoms with Crippen molar-refractivity contribution in [1.82, 2.24) is 10.6 Å². The zero-order valence-corrected chi connectivity index (χ0v) is 15.6. The molecule has 0 radical (unpaired) electrons. The lowest BCUT2D eigenvalue weighted by atomic mass is 9.84. The van der Waals surface area contributed by atoms with Crippen LogP contribution in [-0.2, 0) is 4.79 Å². The molecule has 5 heteroatoms. The molecule has 0 aliphatic carbocycles. The molecule has 4 nitrogen and oxygen atoms in total. The summed E-state index contributed by atoms with van der Waals surface area (Å²) in [5, 5.41) is 6.37. The Labute approximate surface area is 147 Å². The van der Waals surface area contributed by atoms with Crippen LogP contribution in [0.4, 0.5) is 0 Å². The van der Waals surface area contributed by atoms with E-state index in [1.54, 1.807) is 0 Å².